The second-order valence-electron chi connectivity index (χ2n) is 3.23. The van der Waals surface area contributed by atoms with Gasteiger partial charge in [-0.05, 0) is 25.3 Å². The SMILES string of the molecule is CC(C#N)OCCCc1ccccc1. The highest BCUT2D eigenvalue weighted by Crippen LogP contribution is 2.02. The summed E-state index contributed by atoms with van der Waals surface area (Å²) in [6, 6.07) is 12.3. The predicted molar refractivity (Wildman–Crippen MR) is 55.8 cm³/mol. The Morgan fingerprint density at radius 2 is 2.07 bits per heavy atom. The van der Waals surface area contributed by atoms with Crippen LogP contribution in [0.1, 0.15) is 18.9 Å². The number of ether oxygens (including phenoxy) is 1. The molecular formula is C12H15NO. The quantitative estimate of drug-likeness (QED) is 0.667. The van der Waals surface area contributed by atoms with Crippen LogP contribution in [-0.4, -0.2) is 12.7 Å². The van der Waals surface area contributed by atoms with Gasteiger partial charge in [-0.2, -0.15) is 5.26 Å². The van der Waals surface area contributed by atoms with Gasteiger partial charge < -0.3 is 4.74 Å². The molecule has 1 atom stereocenters. The van der Waals surface area contributed by atoms with Crippen LogP contribution in [0.3, 0.4) is 0 Å². The molecule has 1 unspecified atom stereocenters. The van der Waals surface area contributed by atoms with Gasteiger partial charge in [0.2, 0.25) is 0 Å². The molecule has 2 heteroatoms. The van der Waals surface area contributed by atoms with Gasteiger partial charge in [0.25, 0.3) is 0 Å². The molecule has 0 radical (unpaired) electrons. The summed E-state index contributed by atoms with van der Waals surface area (Å²) in [6.45, 7) is 2.42. The minimum absolute atomic E-state index is 0.286. The van der Waals surface area contributed by atoms with Crippen LogP contribution >= 0.6 is 0 Å². The van der Waals surface area contributed by atoms with E-state index in [1.807, 2.05) is 24.3 Å². The highest BCUT2D eigenvalue weighted by Gasteiger charge is 1.98. The van der Waals surface area contributed by atoms with Crippen molar-refractivity contribution >= 4 is 0 Å². The molecule has 1 aromatic rings. The predicted octanol–water partition coefficient (Wildman–Crippen LogP) is 2.55. The highest BCUT2D eigenvalue weighted by molar-refractivity contribution is 5.14. The van der Waals surface area contributed by atoms with Crippen molar-refractivity contribution in [2.45, 2.75) is 25.9 Å². The average Bonchev–Trinajstić information content (AvgIpc) is 2.25. The lowest BCUT2D eigenvalue weighted by molar-refractivity contribution is 0.100. The number of hydrogen-bond donors (Lipinski definition) is 0. The molecule has 0 N–H and O–H groups in total. The molecule has 2 nitrogen and oxygen atoms in total. The molecule has 0 amide bonds. The van der Waals surface area contributed by atoms with Crippen molar-refractivity contribution in [3.8, 4) is 6.07 Å². The van der Waals surface area contributed by atoms with Gasteiger partial charge in [0.05, 0.1) is 6.07 Å². The number of nitrogens with zero attached hydrogens (tertiary/aromatic N) is 1. The van der Waals surface area contributed by atoms with Crippen LogP contribution < -0.4 is 0 Å². The third kappa shape index (κ3) is 4.06. The van der Waals surface area contributed by atoms with Crippen molar-refractivity contribution in [2.24, 2.45) is 0 Å². The van der Waals surface area contributed by atoms with Crippen LogP contribution in [0.4, 0.5) is 0 Å². The minimum atomic E-state index is -0.286. The number of rotatable bonds is 5. The monoisotopic (exact) mass is 189 g/mol. The van der Waals surface area contributed by atoms with E-state index in [1.165, 1.54) is 5.56 Å². The second kappa shape index (κ2) is 6.17. The molecule has 0 aliphatic carbocycles. The zero-order chi connectivity index (χ0) is 10.2. The topological polar surface area (TPSA) is 33.0 Å². The Kier molecular flexibility index (Phi) is 4.74. The highest BCUT2D eigenvalue weighted by atomic mass is 16.5. The Bertz CT molecular complexity index is 289. The van der Waals surface area contributed by atoms with Crippen LogP contribution in [0.15, 0.2) is 30.3 Å². The van der Waals surface area contributed by atoms with Gasteiger partial charge in [0.1, 0.15) is 6.10 Å². The van der Waals surface area contributed by atoms with Gasteiger partial charge in [-0.15, -0.1) is 0 Å². The van der Waals surface area contributed by atoms with Crippen LogP contribution in [0.25, 0.3) is 0 Å². The van der Waals surface area contributed by atoms with Gasteiger partial charge in [-0.1, -0.05) is 30.3 Å². The van der Waals surface area contributed by atoms with Gasteiger partial charge in [0.15, 0.2) is 0 Å². The van der Waals surface area contributed by atoms with E-state index in [0.717, 1.165) is 12.8 Å². The molecule has 0 aromatic heterocycles. The van der Waals surface area contributed by atoms with E-state index in [9.17, 15) is 0 Å². The summed E-state index contributed by atoms with van der Waals surface area (Å²) in [5.41, 5.74) is 1.32. The largest absolute Gasteiger partial charge is 0.364 e. The summed E-state index contributed by atoms with van der Waals surface area (Å²) in [7, 11) is 0. The van der Waals surface area contributed by atoms with Gasteiger partial charge in [-0.25, -0.2) is 0 Å². The molecule has 0 spiro atoms. The van der Waals surface area contributed by atoms with Crippen molar-refractivity contribution in [1.29, 1.82) is 5.26 Å². The van der Waals surface area contributed by atoms with E-state index in [4.69, 9.17) is 10.00 Å². The molecule has 1 aromatic carbocycles. The first-order valence-electron chi connectivity index (χ1n) is 4.88. The normalized spacial score (nSPS) is 12.0. The summed E-state index contributed by atoms with van der Waals surface area (Å²) in [4.78, 5) is 0. The first-order chi connectivity index (χ1) is 6.83. The fourth-order valence-corrected chi connectivity index (χ4v) is 1.22. The maximum atomic E-state index is 8.48. The molecule has 0 saturated heterocycles. The maximum Gasteiger partial charge on any atom is 0.141 e. The third-order valence-electron chi connectivity index (χ3n) is 2.00. The van der Waals surface area contributed by atoms with Crippen molar-refractivity contribution in [3.05, 3.63) is 35.9 Å². The van der Waals surface area contributed by atoms with Crippen molar-refractivity contribution < 1.29 is 4.74 Å². The summed E-state index contributed by atoms with van der Waals surface area (Å²) in [6.07, 6.45) is 1.69. The summed E-state index contributed by atoms with van der Waals surface area (Å²) < 4.78 is 5.25. The Morgan fingerprint density at radius 3 is 2.71 bits per heavy atom. The number of benzene rings is 1. The Morgan fingerprint density at radius 1 is 1.36 bits per heavy atom. The average molecular weight is 189 g/mol. The summed E-state index contributed by atoms with van der Waals surface area (Å²) in [5.74, 6) is 0. The van der Waals surface area contributed by atoms with Crippen LogP contribution in [-0.2, 0) is 11.2 Å². The van der Waals surface area contributed by atoms with E-state index in [1.54, 1.807) is 6.92 Å². The Balaban J connectivity index is 2.14. The van der Waals surface area contributed by atoms with Crippen molar-refractivity contribution in [1.82, 2.24) is 0 Å². The molecular weight excluding hydrogens is 174 g/mol. The van der Waals surface area contributed by atoms with E-state index in [2.05, 4.69) is 12.1 Å². The zero-order valence-corrected chi connectivity index (χ0v) is 8.44. The van der Waals surface area contributed by atoms with Crippen LogP contribution in [0.2, 0.25) is 0 Å². The van der Waals surface area contributed by atoms with E-state index in [0.29, 0.717) is 6.61 Å². The molecule has 0 heterocycles. The van der Waals surface area contributed by atoms with E-state index < -0.39 is 0 Å². The molecule has 0 fully saturated rings. The van der Waals surface area contributed by atoms with Crippen LogP contribution in [0, 0.1) is 11.3 Å². The second-order valence-corrected chi connectivity index (χ2v) is 3.23. The van der Waals surface area contributed by atoms with E-state index >= 15 is 0 Å². The summed E-state index contributed by atoms with van der Waals surface area (Å²) >= 11 is 0. The third-order valence-corrected chi connectivity index (χ3v) is 2.00. The maximum absolute atomic E-state index is 8.48. The van der Waals surface area contributed by atoms with Gasteiger partial charge in [-0.3, -0.25) is 0 Å². The van der Waals surface area contributed by atoms with E-state index in [-0.39, 0.29) is 6.10 Å². The molecule has 0 aliphatic heterocycles. The lowest BCUT2D eigenvalue weighted by Crippen LogP contribution is -2.06. The smallest absolute Gasteiger partial charge is 0.141 e. The molecule has 74 valence electrons. The lowest BCUT2D eigenvalue weighted by Gasteiger charge is -2.04. The molecule has 0 bridgehead atoms. The molecule has 14 heavy (non-hydrogen) atoms. The molecule has 0 aliphatic rings. The zero-order valence-electron chi connectivity index (χ0n) is 8.44. The Hall–Kier alpha value is -1.33. The first-order valence-corrected chi connectivity index (χ1v) is 4.88. The molecule has 1 rings (SSSR count). The van der Waals surface area contributed by atoms with Gasteiger partial charge in [0, 0.05) is 6.61 Å². The first kappa shape index (κ1) is 10.7. The standard InChI is InChI=1S/C12H15NO/c1-11(10-13)14-9-5-8-12-6-3-2-4-7-12/h2-4,6-7,11H,5,8-9H2,1H3. The number of aryl methyl sites for hydroxylation is 1. The fraction of sp³-hybridized carbons (Fsp3) is 0.417. The van der Waals surface area contributed by atoms with Crippen molar-refractivity contribution in [3.63, 3.8) is 0 Å². The molecule has 0 saturated carbocycles. The Labute approximate surface area is 85.1 Å². The summed E-state index contributed by atoms with van der Waals surface area (Å²) in [5, 5.41) is 8.48. The minimum Gasteiger partial charge on any atom is -0.364 e. The van der Waals surface area contributed by atoms with Gasteiger partial charge >= 0.3 is 0 Å². The fourth-order valence-electron chi connectivity index (χ4n) is 1.22. The van der Waals surface area contributed by atoms with Crippen molar-refractivity contribution in [2.75, 3.05) is 6.61 Å². The number of hydrogen-bond acceptors (Lipinski definition) is 2. The lowest BCUT2D eigenvalue weighted by atomic mass is 10.1. The van der Waals surface area contributed by atoms with Crippen LogP contribution in [0.5, 0.6) is 0 Å². The number of nitriles is 1.